The molecule has 1 amide bonds. The lowest BCUT2D eigenvalue weighted by atomic mass is 10.2. The van der Waals surface area contributed by atoms with Gasteiger partial charge in [0.05, 0.1) is 24.1 Å². The summed E-state index contributed by atoms with van der Waals surface area (Å²) in [5.74, 6) is 0.656. The molecule has 0 bridgehead atoms. The van der Waals surface area contributed by atoms with Gasteiger partial charge in [0, 0.05) is 38.1 Å². The van der Waals surface area contributed by atoms with Gasteiger partial charge in [0.25, 0.3) is 0 Å². The van der Waals surface area contributed by atoms with E-state index in [2.05, 4.69) is 15.1 Å². The van der Waals surface area contributed by atoms with Gasteiger partial charge in [0.15, 0.2) is 0 Å². The number of benzene rings is 1. The van der Waals surface area contributed by atoms with Crippen molar-refractivity contribution in [3.8, 4) is 16.9 Å². The van der Waals surface area contributed by atoms with E-state index in [1.807, 2.05) is 59.2 Å². The van der Waals surface area contributed by atoms with Gasteiger partial charge in [-0.25, -0.2) is 14.6 Å². The number of piperazine rings is 1. The van der Waals surface area contributed by atoms with E-state index in [1.165, 1.54) is 0 Å². The summed E-state index contributed by atoms with van der Waals surface area (Å²) >= 11 is 0. The quantitative estimate of drug-likeness (QED) is 0.728. The van der Waals surface area contributed by atoms with E-state index in [4.69, 9.17) is 0 Å². The van der Waals surface area contributed by atoms with Crippen LogP contribution in [-0.2, 0) is 4.79 Å². The van der Waals surface area contributed by atoms with E-state index >= 15 is 0 Å². The van der Waals surface area contributed by atoms with Crippen molar-refractivity contribution >= 4 is 11.9 Å². The van der Waals surface area contributed by atoms with E-state index < -0.39 is 0 Å². The zero-order valence-electron chi connectivity index (χ0n) is 13.9. The number of hydrogen-bond acceptors (Lipinski definition) is 5. The van der Waals surface area contributed by atoms with Gasteiger partial charge in [-0.15, -0.1) is 0 Å². The van der Waals surface area contributed by atoms with Crippen molar-refractivity contribution in [2.75, 3.05) is 31.6 Å². The second-order valence-electron chi connectivity index (χ2n) is 5.99. The summed E-state index contributed by atoms with van der Waals surface area (Å²) in [6, 6.07) is 11.8. The summed E-state index contributed by atoms with van der Waals surface area (Å²) in [4.78, 5) is 24.5. The Balaban J connectivity index is 1.60. The molecule has 0 atom stereocenters. The molecule has 3 aromatic rings. The first-order valence-electron chi connectivity index (χ1n) is 8.13. The van der Waals surface area contributed by atoms with E-state index in [0.29, 0.717) is 19.0 Å². The molecule has 1 aromatic carbocycles. The predicted octanol–water partition coefficient (Wildman–Crippen LogP) is 1.61. The van der Waals surface area contributed by atoms with Crippen LogP contribution in [0.1, 0.15) is 0 Å². The Bertz CT molecular complexity index is 891. The minimum absolute atomic E-state index is 0.0807. The maximum atomic E-state index is 11.9. The molecule has 3 heterocycles. The van der Waals surface area contributed by atoms with Gasteiger partial charge < -0.3 is 9.80 Å². The number of amides is 1. The molecule has 0 spiro atoms. The van der Waals surface area contributed by atoms with Crippen LogP contribution in [0.15, 0.2) is 55.0 Å². The summed E-state index contributed by atoms with van der Waals surface area (Å²) in [6.07, 6.45) is 5.45. The van der Waals surface area contributed by atoms with Crippen LogP contribution in [0.3, 0.4) is 0 Å². The summed E-state index contributed by atoms with van der Waals surface area (Å²) in [6.45, 7) is 1.72. The van der Waals surface area contributed by atoms with Gasteiger partial charge >= 0.3 is 0 Å². The molecule has 25 heavy (non-hydrogen) atoms. The standard InChI is InChI=1S/C18H18N6O/c1-22-9-10-23(13-17(22)25)18-19-8-7-16(21-18)14-11-20-24(12-14)15-5-3-2-4-6-15/h2-8,11-12H,9-10,13H2,1H3. The molecule has 0 saturated carbocycles. The number of carbonyl (C=O) groups is 1. The Labute approximate surface area is 145 Å². The van der Waals surface area contributed by atoms with E-state index in [0.717, 1.165) is 23.5 Å². The molecule has 1 aliphatic rings. The van der Waals surface area contributed by atoms with Crippen LogP contribution >= 0.6 is 0 Å². The van der Waals surface area contributed by atoms with E-state index in [9.17, 15) is 4.79 Å². The number of likely N-dealkylation sites (N-methyl/N-ethyl adjacent to an activating group) is 1. The lowest BCUT2D eigenvalue weighted by Gasteiger charge is -2.31. The highest BCUT2D eigenvalue weighted by molar-refractivity contribution is 5.82. The fourth-order valence-corrected chi connectivity index (χ4v) is 2.77. The predicted molar refractivity (Wildman–Crippen MR) is 94.4 cm³/mol. The molecule has 7 heteroatoms. The molecule has 126 valence electrons. The Morgan fingerprint density at radius 2 is 1.92 bits per heavy atom. The highest BCUT2D eigenvalue weighted by Gasteiger charge is 2.23. The van der Waals surface area contributed by atoms with Gasteiger partial charge in [0.1, 0.15) is 0 Å². The van der Waals surface area contributed by atoms with Crippen LogP contribution in [-0.4, -0.2) is 57.2 Å². The Kier molecular flexibility index (Phi) is 3.89. The fraction of sp³-hybridized carbons (Fsp3) is 0.222. The average Bonchev–Trinajstić information content (AvgIpc) is 3.15. The van der Waals surface area contributed by atoms with Crippen molar-refractivity contribution in [3.05, 3.63) is 55.0 Å². The zero-order chi connectivity index (χ0) is 17.2. The maximum absolute atomic E-state index is 11.9. The van der Waals surface area contributed by atoms with Crippen molar-refractivity contribution in [3.63, 3.8) is 0 Å². The van der Waals surface area contributed by atoms with Gasteiger partial charge in [-0.2, -0.15) is 5.10 Å². The minimum Gasteiger partial charge on any atom is -0.342 e. The topological polar surface area (TPSA) is 67.2 Å². The Hall–Kier alpha value is -3.22. The Morgan fingerprint density at radius 3 is 2.72 bits per heavy atom. The molecule has 4 rings (SSSR count). The lowest BCUT2D eigenvalue weighted by Crippen LogP contribution is -2.49. The minimum atomic E-state index is 0.0807. The normalized spacial score (nSPS) is 14.8. The number of hydrogen-bond donors (Lipinski definition) is 0. The van der Waals surface area contributed by atoms with Crippen LogP contribution in [0.5, 0.6) is 0 Å². The third-order valence-electron chi connectivity index (χ3n) is 4.28. The number of nitrogens with zero attached hydrogens (tertiary/aromatic N) is 6. The molecular formula is C18H18N6O. The third-order valence-corrected chi connectivity index (χ3v) is 4.28. The maximum Gasteiger partial charge on any atom is 0.242 e. The molecule has 1 fully saturated rings. The molecule has 1 saturated heterocycles. The molecule has 1 aliphatic heterocycles. The molecule has 0 aliphatic carbocycles. The number of carbonyl (C=O) groups excluding carboxylic acids is 1. The zero-order valence-corrected chi connectivity index (χ0v) is 13.9. The largest absolute Gasteiger partial charge is 0.342 e. The number of para-hydroxylation sites is 1. The third kappa shape index (κ3) is 3.08. The molecule has 0 unspecified atom stereocenters. The number of anilines is 1. The first-order chi connectivity index (χ1) is 12.2. The van der Waals surface area contributed by atoms with Crippen LogP contribution in [0.2, 0.25) is 0 Å². The smallest absolute Gasteiger partial charge is 0.242 e. The van der Waals surface area contributed by atoms with Gasteiger partial charge in [-0.3, -0.25) is 4.79 Å². The number of aromatic nitrogens is 4. The molecule has 7 nitrogen and oxygen atoms in total. The van der Waals surface area contributed by atoms with Gasteiger partial charge in [-0.1, -0.05) is 18.2 Å². The summed E-state index contributed by atoms with van der Waals surface area (Å²) in [5, 5.41) is 4.41. The van der Waals surface area contributed by atoms with E-state index in [1.54, 1.807) is 17.3 Å². The Morgan fingerprint density at radius 1 is 1.08 bits per heavy atom. The molecule has 0 radical (unpaired) electrons. The van der Waals surface area contributed by atoms with Crippen LogP contribution in [0.25, 0.3) is 16.9 Å². The SMILES string of the molecule is CN1CCN(c2nccc(-c3cnn(-c4ccccc4)c3)n2)CC1=O. The van der Waals surface area contributed by atoms with Gasteiger partial charge in [0.2, 0.25) is 11.9 Å². The summed E-state index contributed by atoms with van der Waals surface area (Å²) < 4.78 is 1.82. The summed E-state index contributed by atoms with van der Waals surface area (Å²) in [7, 11) is 1.81. The van der Waals surface area contributed by atoms with Crippen molar-refractivity contribution < 1.29 is 4.79 Å². The molecule has 0 N–H and O–H groups in total. The summed E-state index contributed by atoms with van der Waals surface area (Å²) in [5.41, 5.74) is 2.69. The monoisotopic (exact) mass is 334 g/mol. The highest BCUT2D eigenvalue weighted by Crippen LogP contribution is 2.20. The van der Waals surface area contributed by atoms with Crippen molar-refractivity contribution in [1.82, 2.24) is 24.6 Å². The van der Waals surface area contributed by atoms with Crippen molar-refractivity contribution in [2.45, 2.75) is 0 Å². The van der Waals surface area contributed by atoms with Crippen LogP contribution in [0, 0.1) is 0 Å². The average molecular weight is 334 g/mol. The molecular weight excluding hydrogens is 316 g/mol. The van der Waals surface area contributed by atoms with Crippen LogP contribution < -0.4 is 4.90 Å². The first kappa shape index (κ1) is 15.3. The number of rotatable bonds is 3. The van der Waals surface area contributed by atoms with Crippen molar-refractivity contribution in [2.24, 2.45) is 0 Å². The second-order valence-corrected chi connectivity index (χ2v) is 5.99. The van der Waals surface area contributed by atoms with E-state index in [-0.39, 0.29) is 5.91 Å². The highest BCUT2D eigenvalue weighted by atomic mass is 16.2. The first-order valence-corrected chi connectivity index (χ1v) is 8.13. The van der Waals surface area contributed by atoms with Crippen LogP contribution in [0.4, 0.5) is 5.95 Å². The fourth-order valence-electron chi connectivity index (χ4n) is 2.77. The second kappa shape index (κ2) is 6.35. The van der Waals surface area contributed by atoms with Gasteiger partial charge in [-0.05, 0) is 18.2 Å². The lowest BCUT2D eigenvalue weighted by molar-refractivity contribution is -0.129. The van der Waals surface area contributed by atoms with Crippen molar-refractivity contribution in [1.29, 1.82) is 0 Å². The molecule has 2 aromatic heterocycles.